The van der Waals surface area contributed by atoms with E-state index < -0.39 is 6.04 Å². The van der Waals surface area contributed by atoms with Crippen LogP contribution in [0.1, 0.15) is 6.85 Å². The fraction of sp³-hybridized carbons (Fsp3) is 0. The topological polar surface area (TPSA) is 43.6 Å². The molecular weight excluding hydrogens is 773 g/mol. The van der Waals surface area contributed by atoms with Crippen molar-refractivity contribution >= 4 is 53.3 Å². The van der Waals surface area contributed by atoms with Crippen molar-refractivity contribution in [2.75, 3.05) is 0 Å². The van der Waals surface area contributed by atoms with Gasteiger partial charge in [0.05, 0.1) is 23.6 Å². The maximum atomic E-state index is 8.71. The van der Waals surface area contributed by atoms with Gasteiger partial charge in [-0.15, -0.1) is 11.3 Å². The normalized spacial score (nSPS) is 12.7. The van der Waals surface area contributed by atoms with Crippen molar-refractivity contribution in [1.82, 2.24) is 19.5 Å². The minimum atomic E-state index is -0.416. The molecular formula is C57H36N4S. The second-order valence-electron chi connectivity index (χ2n) is 15.2. The third kappa shape index (κ3) is 6.09. The molecule has 0 amide bonds. The van der Waals surface area contributed by atoms with E-state index in [4.69, 9.17) is 21.8 Å². The van der Waals surface area contributed by atoms with Gasteiger partial charge in [0.2, 0.25) is 0 Å². The highest BCUT2D eigenvalue weighted by Gasteiger charge is 2.20. The lowest BCUT2D eigenvalue weighted by Crippen LogP contribution is -2.03. The van der Waals surface area contributed by atoms with E-state index in [9.17, 15) is 0 Å². The average Bonchev–Trinajstić information content (AvgIpc) is 3.94. The van der Waals surface area contributed by atoms with Crippen molar-refractivity contribution in [1.29, 1.82) is 0 Å². The van der Waals surface area contributed by atoms with E-state index in [1.807, 2.05) is 96.3 Å². The quantitative estimate of drug-likeness (QED) is 0.161. The Kier molecular flexibility index (Phi) is 7.46. The Bertz CT molecular complexity index is 3910. The highest BCUT2D eigenvalue weighted by Crippen LogP contribution is 2.44. The van der Waals surface area contributed by atoms with Crippen molar-refractivity contribution in [3.8, 4) is 73.2 Å². The molecule has 0 unspecified atom stereocenters. The SMILES string of the molecule is [2H]c1c([2H])c([2H])c(-c2ccc3c(c2)c2ccccc2n3-c2ccccc2-c2nc(-c3ccccc3)nc(-c3cccc(-c4cccc5c4sc4c(-c6ccccc6)cccc45)c3)n2)c([2H])c1[2H]. The lowest BCUT2D eigenvalue weighted by atomic mass is 9.99. The van der Waals surface area contributed by atoms with Crippen LogP contribution in [-0.2, 0) is 0 Å². The van der Waals surface area contributed by atoms with Gasteiger partial charge in [-0.1, -0.05) is 182 Å². The average molecular weight is 814 g/mol. The number of thiophene rings is 1. The van der Waals surface area contributed by atoms with Gasteiger partial charge < -0.3 is 4.57 Å². The predicted molar refractivity (Wildman–Crippen MR) is 260 cm³/mol. The summed E-state index contributed by atoms with van der Waals surface area (Å²) in [6.07, 6.45) is 0. The number of nitrogens with zero attached hydrogens (tertiary/aromatic N) is 4. The van der Waals surface area contributed by atoms with Crippen LogP contribution in [0, 0.1) is 0 Å². The molecule has 4 nitrogen and oxygen atoms in total. The Morgan fingerprint density at radius 2 is 0.903 bits per heavy atom. The summed E-state index contributed by atoms with van der Waals surface area (Å²) in [6.45, 7) is 0. The van der Waals surface area contributed by atoms with Crippen LogP contribution in [0.2, 0.25) is 0 Å². The van der Waals surface area contributed by atoms with Gasteiger partial charge in [0, 0.05) is 47.6 Å². The maximum absolute atomic E-state index is 8.71. The maximum Gasteiger partial charge on any atom is 0.166 e. The zero-order valence-electron chi connectivity index (χ0n) is 38.1. The Labute approximate surface area is 369 Å². The first kappa shape index (κ1) is 31.0. The summed E-state index contributed by atoms with van der Waals surface area (Å²) >= 11 is 1.83. The molecule has 0 aliphatic rings. The van der Waals surface area contributed by atoms with Crippen LogP contribution < -0.4 is 0 Å². The summed E-state index contributed by atoms with van der Waals surface area (Å²) in [7, 11) is 0. The highest BCUT2D eigenvalue weighted by atomic mass is 32.1. The molecule has 0 aliphatic carbocycles. The van der Waals surface area contributed by atoms with Crippen LogP contribution in [0.25, 0.3) is 115 Å². The largest absolute Gasteiger partial charge is 0.309 e. The minimum Gasteiger partial charge on any atom is -0.309 e. The minimum absolute atomic E-state index is 0.165. The predicted octanol–water partition coefficient (Wildman–Crippen LogP) is 15.3. The van der Waals surface area contributed by atoms with Crippen molar-refractivity contribution in [3.63, 3.8) is 0 Å². The third-order valence-electron chi connectivity index (χ3n) is 11.6. The molecule has 0 atom stereocenters. The number of hydrogen-bond acceptors (Lipinski definition) is 4. The van der Waals surface area contributed by atoms with Crippen LogP contribution in [0.4, 0.5) is 0 Å². The molecule has 0 fully saturated rings. The zero-order valence-corrected chi connectivity index (χ0v) is 33.9. The number of fused-ring (bicyclic) bond motifs is 6. The van der Waals surface area contributed by atoms with Gasteiger partial charge in [-0.3, -0.25) is 0 Å². The summed E-state index contributed by atoms with van der Waals surface area (Å²) in [5.74, 6) is 1.60. The van der Waals surface area contributed by atoms with Gasteiger partial charge in [0.15, 0.2) is 17.5 Å². The molecule has 5 heteroatoms. The molecule has 62 heavy (non-hydrogen) atoms. The van der Waals surface area contributed by atoms with Crippen molar-refractivity contribution in [2.24, 2.45) is 0 Å². The molecule has 12 aromatic rings. The van der Waals surface area contributed by atoms with E-state index in [1.54, 1.807) is 0 Å². The standard InChI is InChI=1S/C57H36N4S/c1-4-17-37(18-5-1)40-33-34-52-49(36-40)45-25-10-12-31-50(45)61(52)51-32-13-11-26-48(51)57-59-55(39-21-8-3-9-22-39)58-56(60-57)42-24-14-23-41(35-42)44-28-16-30-47-46-29-15-27-43(53(46)62-54(44)47)38-19-6-2-7-20-38/h1-36H/i1D,4D,5D,17D,18D. The van der Waals surface area contributed by atoms with E-state index in [2.05, 4.69) is 108 Å². The molecule has 9 aromatic carbocycles. The van der Waals surface area contributed by atoms with Gasteiger partial charge in [0.25, 0.3) is 0 Å². The van der Waals surface area contributed by atoms with E-state index >= 15 is 0 Å². The van der Waals surface area contributed by atoms with Crippen molar-refractivity contribution in [2.45, 2.75) is 0 Å². The smallest absolute Gasteiger partial charge is 0.166 e. The van der Waals surface area contributed by atoms with Crippen LogP contribution in [0.15, 0.2) is 218 Å². The molecule has 0 saturated heterocycles. The van der Waals surface area contributed by atoms with Gasteiger partial charge >= 0.3 is 0 Å². The fourth-order valence-corrected chi connectivity index (χ4v) is 10.1. The molecule has 290 valence electrons. The van der Waals surface area contributed by atoms with Crippen molar-refractivity contribution in [3.05, 3.63) is 218 Å². The van der Waals surface area contributed by atoms with Gasteiger partial charge in [-0.2, -0.15) is 0 Å². The highest BCUT2D eigenvalue weighted by molar-refractivity contribution is 7.26. The van der Waals surface area contributed by atoms with Gasteiger partial charge in [-0.25, -0.2) is 15.0 Å². The van der Waals surface area contributed by atoms with E-state index in [-0.39, 0.29) is 29.7 Å². The van der Waals surface area contributed by atoms with E-state index in [0.29, 0.717) is 23.0 Å². The fourth-order valence-electron chi connectivity index (χ4n) is 8.70. The number of benzene rings is 9. The summed E-state index contributed by atoms with van der Waals surface area (Å²) in [6, 6.07) is 62.4. The van der Waals surface area contributed by atoms with Gasteiger partial charge in [-0.05, 0) is 69.8 Å². The zero-order chi connectivity index (χ0) is 45.3. The molecule has 0 N–H and O–H groups in total. The first-order valence-electron chi connectivity index (χ1n) is 22.9. The van der Waals surface area contributed by atoms with Crippen LogP contribution in [0.3, 0.4) is 0 Å². The van der Waals surface area contributed by atoms with Crippen molar-refractivity contribution < 1.29 is 6.85 Å². The Hall–Kier alpha value is -7.99. The molecule has 3 aromatic heterocycles. The van der Waals surface area contributed by atoms with Crippen LogP contribution in [-0.4, -0.2) is 19.5 Å². The first-order valence-corrected chi connectivity index (χ1v) is 21.3. The monoisotopic (exact) mass is 813 g/mol. The molecule has 0 saturated carbocycles. The molecule has 0 bridgehead atoms. The van der Waals surface area contributed by atoms with Crippen LogP contribution >= 0.6 is 11.3 Å². The summed E-state index contributed by atoms with van der Waals surface area (Å²) < 4.78 is 46.9. The molecule has 0 radical (unpaired) electrons. The molecule has 3 heterocycles. The third-order valence-corrected chi connectivity index (χ3v) is 12.8. The van der Waals surface area contributed by atoms with E-state index in [1.165, 1.54) is 31.3 Å². The molecule has 12 rings (SSSR count). The molecule has 0 spiro atoms. The Morgan fingerprint density at radius 1 is 0.355 bits per heavy atom. The summed E-state index contributed by atoms with van der Waals surface area (Å²) in [5, 5.41) is 4.29. The lowest BCUT2D eigenvalue weighted by molar-refractivity contribution is 1.06. The number of hydrogen-bond donors (Lipinski definition) is 0. The second kappa shape index (κ2) is 14.9. The van der Waals surface area contributed by atoms with Crippen LogP contribution in [0.5, 0.6) is 0 Å². The van der Waals surface area contributed by atoms with Gasteiger partial charge in [0.1, 0.15) is 0 Å². The number of para-hydroxylation sites is 2. The lowest BCUT2D eigenvalue weighted by Gasteiger charge is -2.15. The summed E-state index contributed by atoms with van der Waals surface area (Å²) in [5.41, 5.74) is 10.5. The second-order valence-corrected chi connectivity index (χ2v) is 16.2. The first-order chi connectivity index (χ1) is 32.8. The Balaban J connectivity index is 1.02. The molecule has 0 aliphatic heterocycles. The summed E-state index contributed by atoms with van der Waals surface area (Å²) in [4.78, 5) is 15.6. The Morgan fingerprint density at radius 3 is 1.68 bits per heavy atom. The number of aromatic nitrogens is 4. The van der Waals surface area contributed by atoms with E-state index in [0.717, 1.165) is 55.3 Å². The number of rotatable bonds is 7.